The zero-order valence-electron chi connectivity index (χ0n) is 17.9. The Morgan fingerprint density at radius 3 is 2.68 bits per heavy atom. The van der Waals surface area contributed by atoms with Crippen LogP contribution in [0.5, 0.6) is 11.5 Å². The number of phenolic OH excluding ortho intramolecular Hbond substituents is 1. The van der Waals surface area contributed by atoms with Crippen LogP contribution < -0.4 is 4.74 Å². The first-order chi connectivity index (χ1) is 15.2. The second-order valence-electron chi connectivity index (χ2n) is 8.60. The smallest absolute Gasteiger partial charge is 0.173 e. The molecule has 0 amide bonds. The Kier molecular flexibility index (Phi) is 5.59. The molecule has 2 aromatic carbocycles. The molecular formula is C24H29N5O2. The first-order valence-corrected chi connectivity index (χ1v) is 11.2. The molecule has 5 rings (SSSR count). The number of tetrazole rings is 1. The molecule has 31 heavy (non-hydrogen) atoms. The molecule has 7 heteroatoms. The summed E-state index contributed by atoms with van der Waals surface area (Å²) >= 11 is 0. The van der Waals surface area contributed by atoms with E-state index in [1.54, 1.807) is 13.2 Å². The molecule has 7 nitrogen and oxygen atoms in total. The van der Waals surface area contributed by atoms with Crippen molar-refractivity contribution in [1.82, 2.24) is 25.1 Å². The molecule has 2 aliphatic rings. The minimum Gasteiger partial charge on any atom is -0.504 e. The van der Waals surface area contributed by atoms with Crippen LogP contribution in [0.3, 0.4) is 0 Å². The topological polar surface area (TPSA) is 76.3 Å². The summed E-state index contributed by atoms with van der Waals surface area (Å²) in [7, 11) is 1.58. The van der Waals surface area contributed by atoms with Gasteiger partial charge in [-0.25, -0.2) is 4.68 Å². The number of ether oxygens (including phenoxy) is 1. The lowest BCUT2D eigenvalue weighted by Crippen LogP contribution is -2.36. The predicted molar refractivity (Wildman–Crippen MR) is 117 cm³/mol. The number of phenols is 1. The van der Waals surface area contributed by atoms with Crippen LogP contribution in [0.1, 0.15) is 66.7 Å². The fraction of sp³-hybridized carbons (Fsp3) is 0.458. The van der Waals surface area contributed by atoms with Crippen LogP contribution >= 0.6 is 0 Å². The number of aromatic hydroxyl groups is 1. The third-order valence-corrected chi connectivity index (χ3v) is 6.73. The highest BCUT2D eigenvalue weighted by atomic mass is 16.5. The maximum Gasteiger partial charge on any atom is 0.173 e. The quantitative estimate of drug-likeness (QED) is 0.673. The summed E-state index contributed by atoms with van der Waals surface area (Å²) < 4.78 is 7.48. The Labute approximate surface area is 182 Å². The van der Waals surface area contributed by atoms with Crippen molar-refractivity contribution < 1.29 is 9.84 Å². The van der Waals surface area contributed by atoms with Gasteiger partial charge in [-0.3, -0.25) is 4.90 Å². The van der Waals surface area contributed by atoms with Gasteiger partial charge in [-0.15, -0.1) is 5.10 Å². The summed E-state index contributed by atoms with van der Waals surface area (Å²) in [6.07, 6.45) is 6.96. The van der Waals surface area contributed by atoms with Gasteiger partial charge in [0, 0.05) is 13.1 Å². The molecule has 1 fully saturated rings. The van der Waals surface area contributed by atoms with Gasteiger partial charge in [-0.05, 0) is 58.5 Å². The largest absolute Gasteiger partial charge is 0.504 e. The average Bonchev–Trinajstić information content (AvgIpc) is 3.30. The van der Waals surface area contributed by atoms with E-state index in [-0.39, 0.29) is 11.8 Å². The lowest BCUT2D eigenvalue weighted by atomic mass is 9.94. The summed E-state index contributed by atoms with van der Waals surface area (Å²) in [5.41, 5.74) is 3.79. The van der Waals surface area contributed by atoms with Crippen molar-refractivity contribution in [1.29, 1.82) is 0 Å². The van der Waals surface area contributed by atoms with Gasteiger partial charge in [-0.2, -0.15) is 0 Å². The molecule has 0 bridgehead atoms. The van der Waals surface area contributed by atoms with Gasteiger partial charge in [0.15, 0.2) is 17.3 Å². The first kappa shape index (κ1) is 20.0. The van der Waals surface area contributed by atoms with E-state index in [0.717, 1.165) is 43.7 Å². The van der Waals surface area contributed by atoms with Crippen molar-refractivity contribution in [3.8, 4) is 11.5 Å². The third-order valence-electron chi connectivity index (χ3n) is 6.73. The van der Waals surface area contributed by atoms with Crippen LogP contribution in [0, 0.1) is 0 Å². The molecule has 1 atom stereocenters. The van der Waals surface area contributed by atoms with E-state index in [9.17, 15) is 5.11 Å². The molecule has 1 unspecified atom stereocenters. The molecule has 0 saturated heterocycles. The molecule has 1 aromatic heterocycles. The number of methoxy groups -OCH3 is 1. The van der Waals surface area contributed by atoms with Crippen molar-refractivity contribution >= 4 is 0 Å². The van der Waals surface area contributed by atoms with Gasteiger partial charge in [0.05, 0.1) is 19.2 Å². The summed E-state index contributed by atoms with van der Waals surface area (Å²) in [4.78, 5) is 2.44. The van der Waals surface area contributed by atoms with Crippen molar-refractivity contribution in [3.05, 3.63) is 65.0 Å². The van der Waals surface area contributed by atoms with Crippen molar-refractivity contribution in [2.45, 2.75) is 57.2 Å². The fourth-order valence-electron chi connectivity index (χ4n) is 5.09. The van der Waals surface area contributed by atoms with Crippen molar-refractivity contribution in [2.75, 3.05) is 13.7 Å². The molecule has 2 heterocycles. The lowest BCUT2D eigenvalue weighted by molar-refractivity contribution is 0.187. The number of benzene rings is 2. The standard InChI is InChI=1S/C24H29N5O2/c1-31-22-15-18(11-12-21(22)30)23(28-14-13-17-7-5-6-8-19(17)16-28)24-25-26-27-29(24)20-9-3-2-4-10-20/h5-8,11-12,15,20,23,30H,2-4,9-10,13-14,16H2,1H3. The lowest BCUT2D eigenvalue weighted by Gasteiger charge is -2.36. The van der Waals surface area contributed by atoms with Crippen LogP contribution in [0.4, 0.5) is 0 Å². The Bertz CT molecular complexity index is 1040. The summed E-state index contributed by atoms with van der Waals surface area (Å²) in [5.74, 6) is 1.48. The number of fused-ring (bicyclic) bond motifs is 1. The summed E-state index contributed by atoms with van der Waals surface area (Å²) in [5, 5.41) is 23.2. The molecule has 0 spiro atoms. The van der Waals surface area contributed by atoms with E-state index in [4.69, 9.17) is 4.74 Å². The number of hydrogen-bond donors (Lipinski definition) is 1. The minimum atomic E-state index is -0.111. The van der Waals surface area contributed by atoms with Crippen molar-refractivity contribution in [3.63, 3.8) is 0 Å². The van der Waals surface area contributed by atoms with E-state index in [0.29, 0.717) is 11.8 Å². The van der Waals surface area contributed by atoms with Crippen molar-refractivity contribution in [2.24, 2.45) is 0 Å². The summed E-state index contributed by atoms with van der Waals surface area (Å²) in [6, 6.07) is 14.5. The van der Waals surface area contributed by atoms with Gasteiger partial charge in [0.25, 0.3) is 0 Å². The van der Waals surface area contributed by atoms with Crippen LogP contribution in [-0.4, -0.2) is 43.9 Å². The van der Waals surface area contributed by atoms with Gasteiger partial charge in [0.1, 0.15) is 0 Å². The Morgan fingerprint density at radius 2 is 1.87 bits per heavy atom. The van der Waals surface area contributed by atoms with E-state index in [1.807, 2.05) is 12.1 Å². The second kappa shape index (κ2) is 8.67. The number of rotatable bonds is 5. The van der Waals surface area contributed by atoms with Crippen LogP contribution in [-0.2, 0) is 13.0 Å². The molecule has 162 valence electrons. The van der Waals surface area contributed by atoms with Gasteiger partial charge in [-0.1, -0.05) is 49.6 Å². The summed E-state index contributed by atoms with van der Waals surface area (Å²) in [6.45, 7) is 1.75. The molecule has 1 aliphatic heterocycles. The van der Waals surface area contributed by atoms with Gasteiger partial charge < -0.3 is 9.84 Å². The number of aromatic nitrogens is 4. The first-order valence-electron chi connectivity index (χ1n) is 11.2. The van der Waals surface area contributed by atoms with Gasteiger partial charge in [0.2, 0.25) is 0 Å². The van der Waals surface area contributed by atoms with Crippen LogP contribution in [0.25, 0.3) is 0 Å². The third kappa shape index (κ3) is 3.90. The molecule has 1 N–H and O–H groups in total. The highest BCUT2D eigenvalue weighted by Crippen LogP contribution is 2.38. The fourth-order valence-corrected chi connectivity index (χ4v) is 5.09. The average molecular weight is 420 g/mol. The minimum absolute atomic E-state index is 0.111. The maximum atomic E-state index is 10.2. The second-order valence-corrected chi connectivity index (χ2v) is 8.60. The Balaban J connectivity index is 1.57. The predicted octanol–water partition coefficient (Wildman–Crippen LogP) is 4.04. The van der Waals surface area contributed by atoms with Crippen LogP contribution in [0.15, 0.2) is 42.5 Å². The highest BCUT2D eigenvalue weighted by Gasteiger charge is 2.33. The van der Waals surface area contributed by atoms with Gasteiger partial charge >= 0.3 is 0 Å². The molecule has 0 radical (unpaired) electrons. The monoisotopic (exact) mass is 419 g/mol. The molecule has 1 aliphatic carbocycles. The maximum absolute atomic E-state index is 10.2. The SMILES string of the molecule is COc1cc(C(c2nnnn2C2CCCCC2)N2CCc3ccccc3C2)ccc1O. The number of hydrogen-bond acceptors (Lipinski definition) is 6. The van der Waals surface area contributed by atoms with E-state index >= 15 is 0 Å². The van der Waals surface area contributed by atoms with Crippen LogP contribution in [0.2, 0.25) is 0 Å². The molecular weight excluding hydrogens is 390 g/mol. The zero-order chi connectivity index (χ0) is 21.2. The van der Waals surface area contributed by atoms with E-state index in [2.05, 4.69) is 49.4 Å². The Morgan fingerprint density at radius 1 is 1.06 bits per heavy atom. The highest BCUT2D eigenvalue weighted by molar-refractivity contribution is 5.44. The number of nitrogens with zero attached hydrogens (tertiary/aromatic N) is 5. The molecule has 1 saturated carbocycles. The molecule has 3 aromatic rings. The van der Waals surface area contributed by atoms with E-state index < -0.39 is 0 Å². The normalized spacial score (nSPS) is 18.5. The Hall–Kier alpha value is -2.93. The zero-order valence-corrected chi connectivity index (χ0v) is 17.9. The van der Waals surface area contributed by atoms with E-state index in [1.165, 1.54) is 30.4 Å².